The van der Waals surface area contributed by atoms with Crippen molar-refractivity contribution in [1.82, 2.24) is 10.2 Å². The molecule has 116 valence electrons. The Hall–Kier alpha value is -1.00. The van der Waals surface area contributed by atoms with Crippen LogP contribution in [0.4, 0.5) is 8.78 Å². The highest BCUT2D eigenvalue weighted by Crippen LogP contribution is 2.37. The molecule has 2 saturated heterocycles. The van der Waals surface area contributed by atoms with Crippen molar-refractivity contribution in [2.75, 3.05) is 6.54 Å². The minimum atomic E-state index is -0.349. The largest absolute Gasteiger partial charge is 0.314 e. The van der Waals surface area contributed by atoms with Crippen LogP contribution in [0.2, 0.25) is 0 Å². The lowest BCUT2D eigenvalue weighted by Crippen LogP contribution is -2.48. The van der Waals surface area contributed by atoms with Gasteiger partial charge in [0.25, 0.3) is 0 Å². The molecule has 2 heterocycles. The Morgan fingerprint density at radius 3 is 2.57 bits per heavy atom. The molecule has 2 nitrogen and oxygen atoms in total. The van der Waals surface area contributed by atoms with Crippen LogP contribution in [0.25, 0.3) is 0 Å². The van der Waals surface area contributed by atoms with E-state index >= 15 is 0 Å². The van der Waals surface area contributed by atoms with E-state index in [1.165, 1.54) is 31.0 Å². The van der Waals surface area contributed by atoms with Gasteiger partial charge < -0.3 is 5.32 Å². The maximum atomic E-state index is 13.8. The number of rotatable bonds is 5. The Morgan fingerprint density at radius 1 is 1.19 bits per heavy atom. The molecule has 2 aliphatic rings. The Balaban J connectivity index is 1.66. The van der Waals surface area contributed by atoms with Crippen molar-refractivity contribution in [1.29, 1.82) is 0 Å². The maximum Gasteiger partial charge on any atom is 0.127 e. The van der Waals surface area contributed by atoms with Gasteiger partial charge in [-0.25, -0.2) is 8.78 Å². The van der Waals surface area contributed by atoms with E-state index in [4.69, 9.17) is 0 Å². The van der Waals surface area contributed by atoms with Crippen LogP contribution in [-0.2, 0) is 6.54 Å². The van der Waals surface area contributed by atoms with Gasteiger partial charge in [0.05, 0.1) is 0 Å². The molecule has 0 aliphatic carbocycles. The minimum Gasteiger partial charge on any atom is -0.314 e. The molecule has 1 aromatic rings. The van der Waals surface area contributed by atoms with Crippen LogP contribution in [-0.4, -0.2) is 29.6 Å². The lowest BCUT2D eigenvalue weighted by Gasteiger charge is -2.39. The first-order valence-electron chi connectivity index (χ1n) is 8.10. The normalized spacial score (nSPS) is 29.0. The third-order valence-corrected chi connectivity index (χ3v) is 4.93. The van der Waals surface area contributed by atoms with Crippen LogP contribution in [0.1, 0.15) is 44.6 Å². The zero-order chi connectivity index (χ0) is 14.8. The number of hydrogen-bond donors (Lipinski definition) is 1. The summed E-state index contributed by atoms with van der Waals surface area (Å²) in [5, 5.41) is 3.62. The van der Waals surface area contributed by atoms with Crippen molar-refractivity contribution in [3.05, 3.63) is 35.4 Å². The fourth-order valence-corrected chi connectivity index (χ4v) is 3.91. The summed E-state index contributed by atoms with van der Waals surface area (Å²) in [5.41, 5.74) is 0.492. The van der Waals surface area contributed by atoms with Gasteiger partial charge in [-0.15, -0.1) is 0 Å². The second-order valence-corrected chi connectivity index (χ2v) is 6.42. The highest BCUT2D eigenvalue weighted by molar-refractivity contribution is 5.19. The van der Waals surface area contributed by atoms with Crippen molar-refractivity contribution >= 4 is 0 Å². The molecule has 2 fully saturated rings. The van der Waals surface area contributed by atoms with Crippen molar-refractivity contribution in [3.8, 4) is 0 Å². The smallest absolute Gasteiger partial charge is 0.127 e. The van der Waals surface area contributed by atoms with Gasteiger partial charge >= 0.3 is 0 Å². The Bertz CT molecular complexity index is 478. The van der Waals surface area contributed by atoms with Gasteiger partial charge in [0.2, 0.25) is 0 Å². The van der Waals surface area contributed by atoms with E-state index in [2.05, 4.69) is 17.1 Å². The molecule has 2 unspecified atom stereocenters. The van der Waals surface area contributed by atoms with Crippen LogP contribution in [0, 0.1) is 11.6 Å². The topological polar surface area (TPSA) is 15.3 Å². The molecule has 2 aliphatic heterocycles. The summed E-state index contributed by atoms with van der Waals surface area (Å²) in [6.07, 6.45) is 5.79. The van der Waals surface area contributed by atoms with Gasteiger partial charge in [-0.05, 0) is 56.8 Å². The highest BCUT2D eigenvalue weighted by atomic mass is 19.1. The molecule has 2 bridgehead atoms. The van der Waals surface area contributed by atoms with Crippen molar-refractivity contribution in [3.63, 3.8) is 0 Å². The van der Waals surface area contributed by atoms with Gasteiger partial charge in [0, 0.05) is 30.2 Å². The lowest BCUT2D eigenvalue weighted by atomic mass is 9.96. The van der Waals surface area contributed by atoms with E-state index in [1.54, 1.807) is 0 Å². The Kier molecular flexibility index (Phi) is 4.55. The van der Waals surface area contributed by atoms with Crippen molar-refractivity contribution < 1.29 is 8.78 Å². The van der Waals surface area contributed by atoms with Crippen LogP contribution in [0.15, 0.2) is 18.2 Å². The van der Waals surface area contributed by atoms with Gasteiger partial charge in [-0.1, -0.05) is 6.92 Å². The number of hydrogen-bond acceptors (Lipinski definition) is 2. The van der Waals surface area contributed by atoms with Crippen LogP contribution in [0.3, 0.4) is 0 Å². The third-order valence-electron chi connectivity index (χ3n) is 4.93. The Labute approximate surface area is 125 Å². The fraction of sp³-hybridized carbons (Fsp3) is 0.647. The van der Waals surface area contributed by atoms with Gasteiger partial charge in [0.1, 0.15) is 11.6 Å². The molecule has 21 heavy (non-hydrogen) atoms. The minimum absolute atomic E-state index is 0.290. The summed E-state index contributed by atoms with van der Waals surface area (Å²) >= 11 is 0. The predicted molar refractivity (Wildman–Crippen MR) is 80.0 cm³/mol. The van der Waals surface area contributed by atoms with Crippen molar-refractivity contribution in [2.45, 2.75) is 63.7 Å². The number of nitrogens with zero attached hydrogens (tertiary/aromatic N) is 1. The molecule has 4 heteroatoms. The molecule has 0 amide bonds. The number of benzene rings is 1. The quantitative estimate of drug-likeness (QED) is 0.894. The second-order valence-electron chi connectivity index (χ2n) is 6.42. The van der Waals surface area contributed by atoms with Crippen LogP contribution in [0.5, 0.6) is 0 Å². The maximum absolute atomic E-state index is 13.8. The first-order chi connectivity index (χ1) is 10.2. The average molecular weight is 294 g/mol. The molecule has 0 aromatic heterocycles. The zero-order valence-electron chi connectivity index (χ0n) is 12.6. The second kappa shape index (κ2) is 6.41. The molecule has 3 rings (SSSR count). The SMILES string of the molecule is CCCNC1CC2CCC(C1)N2Cc1cc(F)ccc1F. The van der Waals surface area contributed by atoms with E-state index < -0.39 is 0 Å². The van der Waals surface area contributed by atoms with Crippen molar-refractivity contribution in [2.24, 2.45) is 0 Å². The molecule has 0 radical (unpaired) electrons. The first-order valence-corrected chi connectivity index (χ1v) is 8.10. The zero-order valence-corrected chi connectivity index (χ0v) is 12.6. The summed E-state index contributed by atoms with van der Waals surface area (Å²) < 4.78 is 27.2. The summed E-state index contributed by atoms with van der Waals surface area (Å²) in [6.45, 7) is 3.80. The van der Waals surface area contributed by atoms with E-state index in [9.17, 15) is 8.78 Å². The monoisotopic (exact) mass is 294 g/mol. The molecular formula is C17H24F2N2. The molecule has 0 spiro atoms. The first kappa shape index (κ1) is 14.9. The highest BCUT2D eigenvalue weighted by Gasteiger charge is 2.40. The van der Waals surface area contributed by atoms with Crippen LogP contribution >= 0.6 is 0 Å². The van der Waals surface area contributed by atoms with Gasteiger partial charge in [-0.3, -0.25) is 4.90 Å². The molecule has 2 atom stereocenters. The number of fused-ring (bicyclic) bond motifs is 2. The van der Waals surface area contributed by atoms with Gasteiger partial charge in [0.15, 0.2) is 0 Å². The summed E-state index contributed by atoms with van der Waals surface area (Å²) in [6, 6.07) is 5.39. The third kappa shape index (κ3) is 3.27. The number of piperidine rings is 1. The fourth-order valence-electron chi connectivity index (χ4n) is 3.91. The Morgan fingerprint density at radius 2 is 1.90 bits per heavy atom. The predicted octanol–water partition coefficient (Wildman–Crippen LogP) is 3.46. The summed E-state index contributed by atoms with van der Waals surface area (Å²) in [5.74, 6) is -0.639. The molecule has 0 saturated carbocycles. The van der Waals surface area contributed by atoms with Crippen LogP contribution < -0.4 is 5.32 Å². The van der Waals surface area contributed by atoms with Gasteiger partial charge in [-0.2, -0.15) is 0 Å². The molecule has 1 N–H and O–H groups in total. The number of halogens is 2. The van der Waals surface area contributed by atoms with E-state index in [0.717, 1.165) is 25.8 Å². The molecular weight excluding hydrogens is 270 g/mol. The standard InChI is InChI=1S/C17H24F2N2/c1-2-7-20-14-9-15-4-5-16(10-14)21(15)11-12-8-13(18)3-6-17(12)19/h3,6,8,14-16,20H,2,4-5,7,9-11H2,1H3. The lowest BCUT2D eigenvalue weighted by molar-refractivity contribution is 0.108. The average Bonchev–Trinajstić information content (AvgIpc) is 2.71. The molecule has 1 aromatic carbocycles. The number of nitrogens with one attached hydrogen (secondary N) is 1. The van der Waals surface area contributed by atoms with E-state index in [0.29, 0.717) is 30.2 Å². The van der Waals surface area contributed by atoms with E-state index in [-0.39, 0.29) is 11.6 Å². The summed E-state index contributed by atoms with van der Waals surface area (Å²) in [7, 11) is 0. The summed E-state index contributed by atoms with van der Waals surface area (Å²) in [4.78, 5) is 2.39. The van der Waals surface area contributed by atoms with E-state index in [1.807, 2.05) is 0 Å².